The average molecular weight is 302 g/mol. The Labute approximate surface area is 125 Å². The number of hydrogen-bond donors (Lipinski definition) is 2. The largest absolute Gasteiger partial charge is 0.480 e. The lowest BCUT2D eigenvalue weighted by Crippen LogP contribution is -2.42. The molecule has 1 fully saturated rings. The van der Waals surface area contributed by atoms with Crippen molar-refractivity contribution in [3.8, 4) is 11.5 Å². The average Bonchev–Trinajstić information content (AvgIpc) is 3.17. The van der Waals surface area contributed by atoms with Crippen molar-refractivity contribution in [2.75, 3.05) is 6.54 Å². The van der Waals surface area contributed by atoms with Crippen LogP contribution in [0.2, 0.25) is 0 Å². The Hall–Kier alpha value is -2.83. The lowest BCUT2D eigenvalue weighted by atomic mass is 10.2. The first-order valence-corrected chi connectivity index (χ1v) is 6.89. The number of aliphatic carboxylic acids is 1. The summed E-state index contributed by atoms with van der Waals surface area (Å²) in [6, 6.07) is 5.48. The summed E-state index contributed by atoms with van der Waals surface area (Å²) in [5.74, 6) is -1.12. The fourth-order valence-corrected chi connectivity index (χ4v) is 2.64. The molecule has 1 amide bonds. The fraction of sp³-hybridized carbons (Fsp3) is 0.267. The Kier molecular flexibility index (Phi) is 3.54. The van der Waals surface area contributed by atoms with Crippen LogP contribution in [0.3, 0.4) is 0 Å². The van der Waals surface area contributed by atoms with Gasteiger partial charge in [-0.1, -0.05) is 0 Å². The van der Waals surface area contributed by atoms with E-state index in [1.165, 1.54) is 17.2 Å². The molecule has 3 heterocycles. The molecule has 114 valence electrons. The highest BCUT2D eigenvalue weighted by atomic mass is 16.4. The van der Waals surface area contributed by atoms with Gasteiger partial charge in [0.15, 0.2) is 0 Å². The van der Waals surface area contributed by atoms with Gasteiger partial charge >= 0.3 is 5.97 Å². The molecule has 1 aliphatic rings. The molecule has 0 radical (unpaired) electrons. The molecular weight excluding hydrogens is 288 g/mol. The summed E-state index contributed by atoms with van der Waals surface area (Å²) in [7, 11) is 0. The number of nitrogens with one attached hydrogen (secondary N) is 1. The number of amides is 1. The Morgan fingerprint density at radius 3 is 2.77 bits per heavy atom. The van der Waals surface area contributed by atoms with E-state index in [2.05, 4.69) is 4.98 Å². The zero-order valence-electron chi connectivity index (χ0n) is 11.6. The van der Waals surface area contributed by atoms with Gasteiger partial charge in [0, 0.05) is 6.54 Å². The summed E-state index contributed by atoms with van der Waals surface area (Å²) in [5.41, 5.74) is -0.166. The number of carbonyl (C=O) groups excluding carboxylic acids is 1. The fourth-order valence-electron chi connectivity index (χ4n) is 2.64. The van der Waals surface area contributed by atoms with Crippen LogP contribution in [0.15, 0.2) is 39.7 Å². The number of aromatic nitrogens is 1. The summed E-state index contributed by atoms with van der Waals surface area (Å²) >= 11 is 0. The van der Waals surface area contributed by atoms with Gasteiger partial charge in [-0.25, -0.2) is 4.79 Å². The quantitative estimate of drug-likeness (QED) is 0.890. The second-order valence-electron chi connectivity index (χ2n) is 5.09. The summed E-state index contributed by atoms with van der Waals surface area (Å²) in [4.78, 5) is 39.5. The van der Waals surface area contributed by atoms with Crippen LogP contribution in [0.25, 0.3) is 11.5 Å². The van der Waals surface area contributed by atoms with E-state index < -0.39 is 23.5 Å². The highest BCUT2D eigenvalue weighted by molar-refractivity contribution is 5.96. The van der Waals surface area contributed by atoms with Crippen molar-refractivity contribution in [3.05, 3.63) is 46.4 Å². The monoisotopic (exact) mass is 302 g/mol. The molecule has 0 aromatic carbocycles. The number of pyridine rings is 1. The van der Waals surface area contributed by atoms with E-state index in [0.29, 0.717) is 30.8 Å². The van der Waals surface area contributed by atoms with Crippen LogP contribution in [0.4, 0.5) is 0 Å². The van der Waals surface area contributed by atoms with E-state index in [0.717, 1.165) is 0 Å². The van der Waals surface area contributed by atoms with Gasteiger partial charge in [-0.15, -0.1) is 0 Å². The first-order valence-electron chi connectivity index (χ1n) is 6.89. The molecule has 22 heavy (non-hydrogen) atoms. The smallest absolute Gasteiger partial charge is 0.326 e. The number of carbonyl (C=O) groups is 2. The second kappa shape index (κ2) is 5.51. The van der Waals surface area contributed by atoms with E-state index in [1.807, 2.05) is 0 Å². The maximum Gasteiger partial charge on any atom is 0.326 e. The van der Waals surface area contributed by atoms with Crippen LogP contribution >= 0.6 is 0 Å². The lowest BCUT2D eigenvalue weighted by molar-refractivity contribution is -0.141. The van der Waals surface area contributed by atoms with E-state index in [9.17, 15) is 14.4 Å². The number of rotatable bonds is 3. The number of H-pyrrole nitrogens is 1. The van der Waals surface area contributed by atoms with Gasteiger partial charge in [0.1, 0.15) is 17.4 Å². The number of nitrogens with zero attached hydrogens (tertiary/aromatic N) is 1. The molecular formula is C15H14N2O5. The molecule has 2 N–H and O–H groups in total. The Bertz CT molecular complexity index is 762. The number of furan rings is 1. The molecule has 1 aliphatic heterocycles. The van der Waals surface area contributed by atoms with Gasteiger partial charge in [-0.3, -0.25) is 9.59 Å². The van der Waals surface area contributed by atoms with Crippen molar-refractivity contribution >= 4 is 11.9 Å². The maximum atomic E-state index is 12.4. The lowest BCUT2D eigenvalue weighted by Gasteiger charge is -2.21. The minimum Gasteiger partial charge on any atom is -0.480 e. The van der Waals surface area contributed by atoms with Gasteiger partial charge in [0.05, 0.1) is 12.0 Å². The van der Waals surface area contributed by atoms with Crippen molar-refractivity contribution in [1.29, 1.82) is 0 Å². The Morgan fingerprint density at radius 2 is 2.14 bits per heavy atom. The highest BCUT2D eigenvalue weighted by Crippen LogP contribution is 2.20. The van der Waals surface area contributed by atoms with Gasteiger partial charge in [0.2, 0.25) is 0 Å². The van der Waals surface area contributed by atoms with E-state index in [4.69, 9.17) is 9.52 Å². The summed E-state index contributed by atoms with van der Waals surface area (Å²) in [6.45, 7) is 0.342. The predicted octanol–water partition coefficient (Wildman–Crippen LogP) is 1.32. The topological polar surface area (TPSA) is 104 Å². The molecule has 3 rings (SSSR count). The molecule has 2 aromatic rings. The van der Waals surface area contributed by atoms with Gasteiger partial charge in [0.25, 0.3) is 11.5 Å². The SMILES string of the molecule is O=C(O)[C@@H]1CCCN1C(=O)c1ccc(-c2ccco2)[nH]c1=O. The van der Waals surface area contributed by atoms with Crippen LogP contribution in [0.5, 0.6) is 0 Å². The third kappa shape index (κ3) is 2.41. The zero-order valence-corrected chi connectivity index (χ0v) is 11.6. The van der Waals surface area contributed by atoms with Crippen LogP contribution in [-0.2, 0) is 4.79 Å². The molecule has 1 saturated heterocycles. The molecule has 7 heteroatoms. The standard InChI is InChI=1S/C15H14N2O5/c18-13-9(5-6-10(16-13)12-4-2-8-22-12)14(19)17-7-1-3-11(17)15(20)21/h2,4-6,8,11H,1,3,7H2,(H,16,18)(H,20,21)/t11-/m0/s1. The van der Waals surface area contributed by atoms with Crippen molar-refractivity contribution in [1.82, 2.24) is 9.88 Å². The van der Waals surface area contributed by atoms with Crippen molar-refractivity contribution in [2.45, 2.75) is 18.9 Å². The minimum atomic E-state index is -1.05. The highest BCUT2D eigenvalue weighted by Gasteiger charge is 2.35. The zero-order chi connectivity index (χ0) is 15.7. The van der Waals surface area contributed by atoms with Crippen molar-refractivity contribution in [2.24, 2.45) is 0 Å². The third-order valence-corrected chi connectivity index (χ3v) is 3.73. The second-order valence-corrected chi connectivity index (χ2v) is 5.09. The molecule has 0 spiro atoms. The summed E-state index contributed by atoms with van der Waals surface area (Å²) < 4.78 is 5.18. The first-order chi connectivity index (χ1) is 10.6. The van der Waals surface area contributed by atoms with Crippen LogP contribution in [0, 0.1) is 0 Å². The molecule has 2 aromatic heterocycles. The van der Waals surface area contributed by atoms with Gasteiger partial charge < -0.3 is 19.4 Å². The molecule has 1 atom stereocenters. The van der Waals surface area contributed by atoms with Crippen molar-refractivity contribution in [3.63, 3.8) is 0 Å². The number of aromatic amines is 1. The van der Waals surface area contributed by atoms with Crippen molar-refractivity contribution < 1.29 is 19.1 Å². The molecule has 0 aliphatic carbocycles. The van der Waals surface area contributed by atoms with E-state index >= 15 is 0 Å². The summed E-state index contributed by atoms with van der Waals surface area (Å²) in [5, 5.41) is 9.13. The van der Waals surface area contributed by atoms with Crippen LogP contribution < -0.4 is 5.56 Å². The predicted molar refractivity (Wildman–Crippen MR) is 76.5 cm³/mol. The molecule has 0 bridgehead atoms. The minimum absolute atomic E-state index is 0.0662. The van der Waals surface area contributed by atoms with Gasteiger partial charge in [-0.2, -0.15) is 0 Å². The van der Waals surface area contributed by atoms with Crippen LogP contribution in [0.1, 0.15) is 23.2 Å². The Balaban J connectivity index is 1.90. The third-order valence-electron chi connectivity index (χ3n) is 3.73. The number of carboxylic acids is 1. The Morgan fingerprint density at radius 1 is 1.32 bits per heavy atom. The van der Waals surface area contributed by atoms with Gasteiger partial charge in [-0.05, 0) is 37.1 Å². The molecule has 0 unspecified atom stereocenters. The van der Waals surface area contributed by atoms with E-state index in [1.54, 1.807) is 18.2 Å². The van der Waals surface area contributed by atoms with E-state index in [-0.39, 0.29) is 5.56 Å². The summed E-state index contributed by atoms with van der Waals surface area (Å²) in [6.07, 6.45) is 2.50. The maximum absolute atomic E-state index is 12.4. The molecule has 7 nitrogen and oxygen atoms in total. The number of hydrogen-bond acceptors (Lipinski definition) is 4. The first kappa shape index (κ1) is 14.1. The molecule has 0 saturated carbocycles. The number of carboxylic acid groups (broad SMARTS) is 1. The van der Waals surface area contributed by atoms with Crippen LogP contribution in [-0.4, -0.2) is 39.5 Å². The number of likely N-dealkylation sites (tertiary alicyclic amines) is 1. The normalized spacial score (nSPS) is 17.6.